The largest absolute Gasteiger partial charge is 0.457 e. The second kappa shape index (κ2) is 9.32. The number of benzene rings is 2. The molecule has 1 atom stereocenters. The first-order valence-electron chi connectivity index (χ1n) is 11.4. The Labute approximate surface area is 196 Å². The Bertz CT molecular complexity index is 1390. The summed E-state index contributed by atoms with van der Waals surface area (Å²) in [5.74, 6) is -0.612. The first-order chi connectivity index (χ1) is 16.4. The van der Waals surface area contributed by atoms with Gasteiger partial charge in [-0.2, -0.15) is 0 Å². The number of hydrogen-bond donors (Lipinski definition) is 1. The van der Waals surface area contributed by atoms with Crippen molar-refractivity contribution in [2.24, 2.45) is 0 Å². The highest BCUT2D eigenvalue weighted by Crippen LogP contribution is 2.29. The zero-order valence-corrected chi connectivity index (χ0v) is 19.4. The first-order valence-corrected chi connectivity index (χ1v) is 12.8. The molecule has 1 fully saturated rings. The third-order valence-electron chi connectivity index (χ3n) is 6.33. The van der Waals surface area contributed by atoms with Gasteiger partial charge in [0.2, 0.25) is 10.0 Å². The first kappa shape index (κ1) is 22.8. The van der Waals surface area contributed by atoms with E-state index < -0.39 is 21.6 Å². The van der Waals surface area contributed by atoms with Crippen LogP contribution in [0, 0.1) is 0 Å². The smallest absolute Gasteiger partial charge is 0.338 e. The maximum absolute atomic E-state index is 12.6. The van der Waals surface area contributed by atoms with Crippen LogP contribution in [0.3, 0.4) is 0 Å². The van der Waals surface area contributed by atoms with Crippen LogP contribution in [0.4, 0.5) is 0 Å². The van der Waals surface area contributed by atoms with Crippen molar-refractivity contribution in [3.05, 3.63) is 75.1 Å². The second-order valence-electron chi connectivity index (χ2n) is 8.65. The fourth-order valence-electron chi connectivity index (χ4n) is 4.50. The lowest BCUT2D eigenvalue weighted by atomic mass is 10.0. The zero-order valence-electron chi connectivity index (χ0n) is 18.5. The van der Waals surface area contributed by atoms with Crippen molar-refractivity contribution in [3.8, 4) is 0 Å². The SMILES string of the molecule is O=C(OCc1cc(=O)oc2cc3c(cc12)CCC3)c1ccc(S(=O)(=O)NCC2CCCO2)cc1. The number of sulfonamides is 1. The van der Waals surface area contributed by atoms with E-state index in [4.69, 9.17) is 13.9 Å². The van der Waals surface area contributed by atoms with Gasteiger partial charge < -0.3 is 13.9 Å². The summed E-state index contributed by atoms with van der Waals surface area (Å²) in [4.78, 5) is 24.6. The molecule has 1 aromatic heterocycles. The van der Waals surface area contributed by atoms with Crippen LogP contribution in [-0.2, 0) is 38.9 Å². The summed E-state index contributed by atoms with van der Waals surface area (Å²) in [6.45, 7) is 0.770. The molecular weight excluding hydrogens is 458 g/mol. The Kier molecular flexibility index (Phi) is 6.24. The Morgan fingerprint density at radius 1 is 1.06 bits per heavy atom. The van der Waals surface area contributed by atoms with Gasteiger partial charge in [0.25, 0.3) is 0 Å². The van der Waals surface area contributed by atoms with Crippen molar-refractivity contribution in [1.29, 1.82) is 0 Å². The van der Waals surface area contributed by atoms with Crippen molar-refractivity contribution < 1.29 is 27.1 Å². The maximum atomic E-state index is 12.6. The Morgan fingerprint density at radius 2 is 1.82 bits per heavy atom. The van der Waals surface area contributed by atoms with E-state index in [0.29, 0.717) is 17.8 Å². The number of hydrogen-bond acceptors (Lipinski definition) is 7. The van der Waals surface area contributed by atoms with Gasteiger partial charge in [0.15, 0.2) is 0 Å². The highest BCUT2D eigenvalue weighted by Gasteiger charge is 2.21. The van der Waals surface area contributed by atoms with Crippen LogP contribution in [-0.4, -0.2) is 33.6 Å². The molecule has 34 heavy (non-hydrogen) atoms. The molecule has 1 saturated heterocycles. The van der Waals surface area contributed by atoms with Gasteiger partial charge in [-0.3, -0.25) is 0 Å². The maximum Gasteiger partial charge on any atom is 0.338 e. The second-order valence-corrected chi connectivity index (χ2v) is 10.4. The van der Waals surface area contributed by atoms with Crippen LogP contribution < -0.4 is 10.3 Å². The Hall–Kier alpha value is -3.01. The van der Waals surface area contributed by atoms with Crippen LogP contribution in [0.1, 0.15) is 46.3 Å². The molecule has 178 valence electrons. The van der Waals surface area contributed by atoms with E-state index in [1.165, 1.54) is 41.5 Å². The predicted molar refractivity (Wildman–Crippen MR) is 124 cm³/mol. The number of rotatable bonds is 7. The van der Waals surface area contributed by atoms with Crippen molar-refractivity contribution in [2.45, 2.75) is 49.7 Å². The van der Waals surface area contributed by atoms with Crippen LogP contribution in [0.15, 0.2) is 56.6 Å². The van der Waals surface area contributed by atoms with E-state index >= 15 is 0 Å². The number of aryl methyl sites for hydroxylation is 2. The summed E-state index contributed by atoms with van der Waals surface area (Å²) < 4.78 is 43.8. The summed E-state index contributed by atoms with van der Waals surface area (Å²) in [7, 11) is -3.71. The minimum Gasteiger partial charge on any atom is -0.457 e. The molecule has 1 unspecified atom stereocenters. The molecule has 3 aromatic rings. The van der Waals surface area contributed by atoms with E-state index in [-0.39, 0.29) is 29.7 Å². The average Bonchev–Trinajstić information content (AvgIpc) is 3.51. The molecule has 2 heterocycles. The van der Waals surface area contributed by atoms with Crippen LogP contribution in [0.25, 0.3) is 11.0 Å². The number of ether oxygens (including phenoxy) is 2. The van der Waals surface area contributed by atoms with Crippen LogP contribution >= 0.6 is 0 Å². The summed E-state index contributed by atoms with van der Waals surface area (Å²) >= 11 is 0. The Balaban J connectivity index is 1.27. The number of carbonyl (C=O) groups is 1. The van der Waals surface area contributed by atoms with Crippen molar-refractivity contribution in [1.82, 2.24) is 4.72 Å². The van der Waals surface area contributed by atoms with Gasteiger partial charge in [-0.1, -0.05) is 0 Å². The lowest BCUT2D eigenvalue weighted by Gasteiger charge is -2.12. The molecule has 2 aromatic carbocycles. The molecule has 1 aliphatic carbocycles. The lowest BCUT2D eigenvalue weighted by molar-refractivity contribution is 0.0473. The minimum absolute atomic E-state index is 0.0579. The highest BCUT2D eigenvalue weighted by molar-refractivity contribution is 7.89. The monoisotopic (exact) mass is 483 g/mol. The highest BCUT2D eigenvalue weighted by atomic mass is 32.2. The van der Waals surface area contributed by atoms with Gasteiger partial charge in [-0.05, 0) is 79.6 Å². The molecule has 0 radical (unpaired) electrons. The summed E-state index contributed by atoms with van der Waals surface area (Å²) in [6, 6.07) is 10.8. The molecule has 2 aliphatic rings. The zero-order chi connectivity index (χ0) is 23.7. The molecule has 0 saturated carbocycles. The molecular formula is C25H25NO7S. The molecule has 9 heteroatoms. The summed E-state index contributed by atoms with van der Waals surface area (Å²) in [5.41, 5.74) is 3.19. The average molecular weight is 484 g/mol. The third-order valence-corrected chi connectivity index (χ3v) is 7.77. The van der Waals surface area contributed by atoms with E-state index in [1.54, 1.807) is 0 Å². The van der Waals surface area contributed by atoms with E-state index in [1.807, 2.05) is 12.1 Å². The standard InChI is InChI=1S/C25H25NO7S/c27-24-13-19(22-11-17-3-1-4-18(17)12-23(22)33-24)15-32-25(28)16-6-8-21(9-7-16)34(29,30)26-14-20-5-2-10-31-20/h6-9,11-13,20,26H,1-5,10,14-15H2. The molecule has 1 N–H and O–H groups in total. The van der Waals surface area contributed by atoms with Gasteiger partial charge in [0, 0.05) is 30.2 Å². The topological polar surface area (TPSA) is 112 Å². The number of nitrogens with one attached hydrogen (secondary N) is 1. The molecule has 0 amide bonds. The van der Waals surface area contributed by atoms with Gasteiger partial charge in [0.1, 0.15) is 12.2 Å². The van der Waals surface area contributed by atoms with Crippen molar-refractivity contribution in [2.75, 3.05) is 13.2 Å². The molecule has 1 aliphatic heterocycles. The van der Waals surface area contributed by atoms with Gasteiger partial charge in [-0.15, -0.1) is 0 Å². The van der Waals surface area contributed by atoms with E-state index in [2.05, 4.69) is 4.72 Å². The fraction of sp³-hybridized carbons (Fsp3) is 0.360. The van der Waals surface area contributed by atoms with Gasteiger partial charge in [-0.25, -0.2) is 22.7 Å². The quantitative estimate of drug-likeness (QED) is 0.406. The molecule has 5 rings (SSSR count). The molecule has 0 bridgehead atoms. The van der Waals surface area contributed by atoms with E-state index in [0.717, 1.165) is 37.5 Å². The van der Waals surface area contributed by atoms with Crippen molar-refractivity contribution >= 4 is 27.0 Å². The van der Waals surface area contributed by atoms with Gasteiger partial charge in [0.05, 0.1) is 16.6 Å². The fourth-order valence-corrected chi connectivity index (χ4v) is 5.57. The predicted octanol–water partition coefficient (Wildman–Crippen LogP) is 3.10. The van der Waals surface area contributed by atoms with E-state index in [9.17, 15) is 18.0 Å². The van der Waals surface area contributed by atoms with Crippen LogP contribution in [0.5, 0.6) is 0 Å². The molecule has 8 nitrogen and oxygen atoms in total. The normalized spacial score (nSPS) is 17.7. The molecule has 0 spiro atoms. The number of carbonyl (C=O) groups excluding carboxylic acids is 1. The van der Waals surface area contributed by atoms with Crippen LogP contribution in [0.2, 0.25) is 0 Å². The van der Waals surface area contributed by atoms with Gasteiger partial charge >= 0.3 is 11.6 Å². The minimum atomic E-state index is -3.71. The number of esters is 1. The van der Waals surface area contributed by atoms with Crippen molar-refractivity contribution in [3.63, 3.8) is 0 Å². The summed E-state index contributed by atoms with van der Waals surface area (Å²) in [5, 5.41) is 0.756. The summed E-state index contributed by atoms with van der Waals surface area (Å²) in [6.07, 6.45) is 4.64. The third kappa shape index (κ3) is 4.77. The Morgan fingerprint density at radius 3 is 2.56 bits per heavy atom. The number of fused-ring (bicyclic) bond motifs is 2. The lowest BCUT2D eigenvalue weighted by Crippen LogP contribution is -2.31.